The molecule has 0 saturated heterocycles. The van der Waals surface area contributed by atoms with E-state index in [-0.39, 0.29) is 4.90 Å². The third kappa shape index (κ3) is 4.23. The smallest absolute Gasteiger partial charge is 0.284 e. The predicted molar refractivity (Wildman–Crippen MR) is 61.5 cm³/mol. The first-order valence-corrected chi connectivity index (χ1v) is 8.17. The summed E-state index contributed by atoms with van der Waals surface area (Å²) in [7, 11) is -9.11. The van der Waals surface area contributed by atoms with Crippen LogP contribution in [-0.4, -0.2) is 17.2 Å². The molecule has 12 heteroatoms. The highest BCUT2D eigenvalue weighted by Gasteiger charge is 2.34. The van der Waals surface area contributed by atoms with Crippen molar-refractivity contribution in [2.45, 2.75) is 4.90 Å². The quantitative estimate of drug-likeness (QED) is 0.288. The maximum absolute atomic E-state index is 11.6. The minimum Gasteiger partial charge on any atom is -0.284 e. The molecule has 0 aliphatic heterocycles. The molecule has 0 spiro atoms. The fourth-order valence-electron chi connectivity index (χ4n) is 0.899. The van der Waals surface area contributed by atoms with Crippen LogP contribution in [0.1, 0.15) is 0 Å². The number of benzene rings is 1. The highest BCUT2D eigenvalue weighted by atomic mass is 32.2. The van der Waals surface area contributed by atoms with Gasteiger partial charge in [-0.15, -0.1) is 0 Å². The van der Waals surface area contributed by atoms with Gasteiger partial charge in [0.1, 0.15) is 0 Å². The SMILES string of the molecule is NNP(=O)(OS(=O)O)OS(=O)(=O)c1ccccc1. The lowest BCUT2D eigenvalue weighted by atomic mass is 10.4. The highest BCUT2D eigenvalue weighted by Crippen LogP contribution is 2.46. The number of hydrogen-bond acceptors (Lipinski definition) is 7. The van der Waals surface area contributed by atoms with E-state index in [9.17, 15) is 17.2 Å². The van der Waals surface area contributed by atoms with E-state index >= 15 is 0 Å². The molecule has 0 amide bonds. The molecule has 9 nitrogen and oxygen atoms in total. The topological polar surface area (TPSA) is 145 Å². The summed E-state index contributed by atoms with van der Waals surface area (Å²) in [6, 6.07) is 6.71. The summed E-state index contributed by atoms with van der Waals surface area (Å²) in [6.07, 6.45) is 0. The highest BCUT2D eigenvalue weighted by molar-refractivity contribution is 7.92. The van der Waals surface area contributed by atoms with Gasteiger partial charge in [0.2, 0.25) is 0 Å². The number of hydrogen-bond donors (Lipinski definition) is 3. The van der Waals surface area contributed by atoms with Gasteiger partial charge < -0.3 is 0 Å². The van der Waals surface area contributed by atoms with Crippen LogP contribution in [-0.2, 0) is 34.0 Å². The van der Waals surface area contributed by atoms with Crippen molar-refractivity contribution >= 4 is 29.2 Å². The summed E-state index contributed by atoms with van der Waals surface area (Å²) >= 11 is -3.02. The lowest BCUT2D eigenvalue weighted by molar-refractivity contribution is 0.361. The summed E-state index contributed by atoms with van der Waals surface area (Å²) in [5.41, 5.74) is 0. The predicted octanol–water partition coefficient (Wildman–Crippen LogP) is 0.117. The molecular weight excluding hydrogens is 307 g/mol. The van der Waals surface area contributed by atoms with E-state index in [2.05, 4.69) is 7.94 Å². The van der Waals surface area contributed by atoms with Gasteiger partial charge in [-0.2, -0.15) is 25.8 Å². The van der Waals surface area contributed by atoms with E-state index in [1.165, 1.54) is 29.5 Å². The van der Waals surface area contributed by atoms with Crippen LogP contribution in [0, 0.1) is 0 Å². The van der Waals surface area contributed by atoms with E-state index in [0.717, 1.165) is 0 Å². The van der Waals surface area contributed by atoms with Crippen molar-refractivity contribution in [1.29, 1.82) is 0 Å². The van der Waals surface area contributed by atoms with Gasteiger partial charge in [0, 0.05) is 0 Å². The molecule has 0 aromatic heterocycles. The number of rotatable bonds is 6. The lowest BCUT2D eigenvalue weighted by Gasteiger charge is -2.13. The molecule has 0 heterocycles. The van der Waals surface area contributed by atoms with E-state index < -0.39 is 29.2 Å². The third-order valence-electron chi connectivity index (χ3n) is 1.55. The van der Waals surface area contributed by atoms with E-state index in [1.54, 1.807) is 6.07 Å². The van der Waals surface area contributed by atoms with E-state index in [0.29, 0.717) is 0 Å². The maximum Gasteiger partial charge on any atom is 0.448 e. The van der Waals surface area contributed by atoms with Gasteiger partial charge in [0.05, 0.1) is 4.90 Å². The Balaban J connectivity index is 3.02. The maximum atomic E-state index is 11.6. The van der Waals surface area contributed by atoms with Crippen molar-refractivity contribution in [3.05, 3.63) is 30.3 Å². The molecule has 1 aromatic carbocycles. The third-order valence-corrected chi connectivity index (χ3v) is 5.58. The molecule has 0 saturated carbocycles. The second-order valence-corrected chi connectivity index (χ2v) is 7.02. The van der Waals surface area contributed by atoms with E-state index in [4.69, 9.17) is 10.4 Å². The summed E-state index contributed by atoms with van der Waals surface area (Å²) in [5, 5.41) is 1.41. The van der Waals surface area contributed by atoms with Gasteiger partial charge in [-0.05, 0) is 12.1 Å². The monoisotopic (exact) mass is 316 g/mol. The first kappa shape index (κ1) is 15.4. The molecule has 4 N–H and O–H groups in total. The zero-order valence-electron chi connectivity index (χ0n) is 8.62. The standard InChI is InChI=1S/C6H9N2O7PS2/c7-8-16(9,14-17(10)11)15-18(12,13)6-4-2-1-3-5-6/h1-5H,7H2,(H,8,9)(H,10,11). The normalized spacial score (nSPS) is 17.0. The molecule has 102 valence electrons. The van der Waals surface area contributed by atoms with Crippen LogP contribution in [0.5, 0.6) is 0 Å². The van der Waals surface area contributed by atoms with Gasteiger partial charge in [-0.1, -0.05) is 18.2 Å². The molecule has 0 bridgehead atoms. The molecule has 0 aliphatic rings. The van der Waals surface area contributed by atoms with Crippen molar-refractivity contribution in [2.24, 2.45) is 5.84 Å². The van der Waals surface area contributed by atoms with Crippen molar-refractivity contribution in [3.63, 3.8) is 0 Å². The van der Waals surface area contributed by atoms with Crippen LogP contribution >= 0.6 is 7.75 Å². The number of hydrazine groups is 1. The Hall–Kier alpha value is -0.650. The Labute approximate surface area is 105 Å². The lowest BCUT2D eigenvalue weighted by Crippen LogP contribution is -2.24. The molecule has 0 radical (unpaired) electrons. The number of nitrogens with two attached hydrogens (primary N) is 1. The summed E-state index contributed by atoms with van der Waals surface area (Å²) in [5.74, 6) is 4.77. The largest absolute Gasteiger partial charge is 0.448 e. The van der Waals surface area contributed by atoms with Crippen molar-refractivity contribution in [1.82, 2.24) is 5.20 Å². The van der Waals surface area contributed by atoms with Crippen molar-refractivity contribution < 1.29 is 29.7 Å². The fourth-order valence-corrected chi connectivity index (χ4v) is 4.11. The number of nitrogens with one attached hydrogen (secondary N) is 1. The molecule has 1 aromatic rings. The van der Waals surface area contributed by atoms with Crippen molar-refractivity contribution in [3.8, 4) is 0 Å². The van der Waals surface area contributed by atoms with Crippen LogP contribution in [0.4, 0.5) is 0 Å². The first-order chi connectivity index (χ1) is 8.29. The Morgan fingerprint density at radius 2 is 1.89 bits per heavy atom. The second kappa shape index (κ2) is 5.99. The van der Waals surface area contributed by atoms with Gasteiger partial charge in [-0.3, -0.25) is 10.4 Å². The van der Waals surface area contributed by atoms with E-state index in [1.807, 2.05) is 0 Å². The van der Waals surface area contributed by atoms with Crippen LogP contribution in [0.25, 0.3) is 0 Å². The van der Waals surface area contributed by atoms with Crippen LogP contribution < -0.4 is 11.0 Å². The second-order valence-electron chi connectivity index (χ2n) is 2.76. The Morgan fingerprint density at radius 3 is 2.33 bits per heavy atom. The van der Waals surface area contributed by atoms with Crippen LogP contribution in [0.2, 0.25) is 0 Å². The average Bonchev–Trinajstić information content (AvgIpc) is 2.28. The minimum absolute atomic E-state index is 0.312. The Morgan fingerprint density at radius 1 is 1.33 bits per heavy atom. The van der Waals surface area contributed by atoms with Gasteiger partial charge in [0.15, 0.2) is 0 Å². The summed E-state index contributed by atoms with van der Waals surface area (Å²) < 4.78 is 61.7. The average molecular weight is 316 g/mol. The zero-order valence-corrected chi connectivity index (χ0v) is 11.2. The minimum atomic E-state index is -4.65. The summed E-state index contributed by atoms with van der Waals surface area (Å²) in [4.78, 5) is -0.312. The molecule has 2 unspecified atom stereocenters. The molecule has 18 heavy (non-hydrogen) atoms. The molecule has 0 aliphatic carbocycles. The first-order valence-electron chi connectivity index (χ1n) is 4.19. The molecular formula is C6H9N2O7PS2. The zero-order chi connectivity index (χ0) is 13.8. The van der Waals surface area contributed by atoms with Crippen molar-refractivity contribution in [2.75, 3.05) is 0 Å². The summed E-state index contributed by atoms with van der Waals surface area (Å²) in [6.45, 7) is 0. The molecule has 1 rings (SSSR count). The fraction of sp³-hybridized carbons (Fsp3) is 0. The molecule has 0 fully saturated rings. The van der Waals surface area contributed by atoms with Gasteiger partial charge in [0.25, 0.3) is 0 Å². The van der Waals surface area contributed by atoms with Gasteiger partial charge >= 0.3 is 29.2 Å². The van der Waals surface area contributed by atoms with Crippen LogP contribution in [0.15, 0.2) is 35.2 Å². The Kier molecular flexibility index (Phi) is 5.13. The van der Waals surface area contributed by atoms with Gasteiger partial charge in [-0.25, -0.2) is 4.57 Å². The Bertz CT molecular complexity index is 575. The van der Waals surface area contributed by atoms with Crippen LogP contribution in [0.3, 0.4) is 0 Å². The molecule has 2 atom stereocenters.